The zero-order chi connectivity index (χ0) is 14.5. The van der Waals surface area contributed by atoms with Crippen LogP contribution in [-0.2, 0) is 16.0 Å². The molecule has 20 heavy (non-hydrogen) atoms. The fourth-order valence-electron chi connectivity index (χ4n) is 2.20. The Bertz CT molecular complexity index is 471. The number of rotatable bonds is 3. The summed E-state index contributed by atoms with van der Waals surface area (Å²) in [5, 5.41) is 0. The highest BCUT2D eigenvalue weighted by molar-refractivity contribution is 6.53. The molecule has 1 fully saturated rings. The maximum absolute atomic E-state index is 12.1. The molecule has 1 aliphatic heterocycles. The van der Waals surface area contributed by atoms with Crippen LogP contribution < -0.4 is 0 Å². The predicted octanol–water partition coefficient (Wildman–Crippen LogP) is 1.70. The minimum absolute atomic E-state index is 0.0802. The largest absolute Gasteiger partial charge is 0.339 e. The highest BCUT2D eigenvalue weighted by atomic mass is 35.5. The Morgan fingerprint density at radius 2 is 1.55 bits per heavy atom. The van der Waals surface area contributed by atoms with Gasteiger partial charge in [-0.3, -0.25) is 9.59 Å². The zero-order valence-corrected chi connectivity index (χ0v) is 12.5. The molecule has 0 aliphatic carbocycles. The molecule has 1 aromatic rings. The summed E-state index contributed by atoms with van der Waals surface area (Å²) in [7, 11) is 0. The van der Waals surface area contributed by atoms with Crippen molar-refractivity contribution in [2.45, 2.75) is 11.3 Å². The van der Waals surface area contributed by atoms with Crippen molar-refractivity contribution in [3.63, 3.8) is 0 Å². The first-order valence-electron chi connectivity index (χ1n) is 6.46. The maximum atomic E-state index is 12.1. The van der Waals surface area contributed by atoms with E-state index in [9.17, 15) is 9.59 Å². The number of alkyl halides is 2. The van der Waals surface area contributed by atoms with Crippen molar-refractivity contribution >= 4 is 35.0 Å². The van der Waals surface area contributed by atoms with Crippen LogP contribution in [0.5, 0.6) is 0 Å². The van der Waals surface area contributed by atoms with E-state index < -0.39 is 4.84 Å². The third-order valence-electron chi connectivity index (χ3n) is 3.33. The maximum Gasteiger partial charge on any atom is 0.255 e. The highest BCUT2D eigenvalue weighted by Crippen LogP contribution is 2.11. The van der Waals surface area contributed by atoms with Crippen molar-refractivity contribution in [2.75, 3.05) is 26.2 Å². The first-order chi connectivity index (χ1) is 9.58. The third-order valence-corrected chi connectivity index (χ3v) is 3.70. The molecule has 0 saturated carbocycles. The van der Waals surface area contributed by atoms with Crippen molar-refractivity contribution in [1.29, 1.82) is 0 Å². The van der Waals surface area contributed by atoms with E-state index in [0.29, 0.717) is 32.6 Å². The van der Waals surface area contributed by atoms with Gasteiger partial charge in [-0.15, -0.1) is 0 Å². The average Bonchev–Trinajstić information content (AvgIpc) is 2.47. The van der Waals surface area contributed by atoms with E-state index >= 15 is 0 Å². The number of amides is 2. The predicted molar refractivity (Wildman–Crippen MR) is 78.8 cm³/mol. The molecule has 0 atom stereocenters. The molecule has 2 amide bonds. The first kappa shape index (κ1) is 15.1. The minimum Gasteiger partial charge on any atom is -0.339 e. The quantitative estimate of drug-likeness (QED) is 0.797. The van der Waals surface area contributed by atoms with Crippen LogP contribution in [0.1, 0.15) is 5.56 Å². The molecule has 0 radical (unpaired) electrons. The Morgan fingerprint density at radius 3 is 2.10 bits per heavy atom. The Labute approximate surface area is 128 Å². The van der Waals surface area contributed by atoms with Gasteiger partial charge in [0.25, 0.3) is 5.91 Å². The molecule has 1 aromatic carbocycles. The molecule has 1 aliphatic rings. The lowest BCUT2D eigenvalue weighted by molar-refractivity contribution is -0.138. The Balaban J connectivity index is 1.84. The molecule has 0 unspecified atom stereocenters. The van der Waals surface area contributed by atoms with Gasteiger partial charge in [0.1, 0.15) is 0 Å². The Morgan fingerprint density at radius 1 is 1.00 bits per heavy atom. The third kappa shape index (κ3) is 3.87. The Kier molecular flexibility index (Phi) is 5.26. The molecule has 0 aromatic heterocycles. The second-order valence-corrected chi connectivity index (χ2v) is 5.77. The number of carbonyl (C=O) groups is 2. The summed E-state index contributed by atoms with van der Waals surface area (Å²) < 4.78 is 0. The summed E-state index contributed by atoms with van der Waals surface area (Å²) >= 11 is 11.1. The van der Waals surface area contributed by atoms with Crippen LogP contribution in [0.2, 0.25) is 0 Å². The van der Waals surface area contributed by atoms with Gasteiger partial charge in [-0.2, -0.15) is 0 Å². The van der Waals surface area contributed by atoms with Crippen LogP contribution in [0, 0.1) is 0 Å². The molecule has 108 valence electrons. The van der Waals surface area contributed by atoms with Crippen molar-refractivity contribution in [3.8, 4) is 0 Å². The van der Waals surface area contributed by atoms with E-state index in [-0.39, 0.29) is 11.8 Å². The molecule has 0 N–H and O–H groups in total. The summed E-state index contributed by atoms with van der Waals surface area (Å²) in [6, 6.07) is 9.63. The lowest BCUT2D eigenvalue weighted by Crippen LogP contribution is -2.52. The number of hydrogen-bond acceptors (Lipinski definition) is 2. The number of nitrogens with zero attached hydrogens (tertiary/aromatic N) is 2. The minimum atomic E-state index is -1.03. The van der Waals surface area contributed by atoms with Gasteiger partial charge in [-0.25, -0.2) is 0 Å². The summed E-state index contributed by atoms with van der Waals surface area (Å²) in [4.78, 5) is 26.1. The topological polar surface area (TPSA) is 40.6 Å². The van der Waals surface area contributed by atoms with Crippen LogP contribution in [0.25, 0.3) is 0 Å². The normalized spacial score (nSPS) is 15.6. The van der Waals surface area contributed by atoms with Gasteiger partial charge in [0.15, 0.2) is 4.84 Å². The van der Waals surface area contributed by atoms with Gasteiger partial charge in [0, 0.05) is 26.2 Å². The fraction of sp³-hybridized carbons (Fsp3) is 0.429. The standard InChI is InChI=1S/C14H16Cl2N2O2/c15-13(16)14(20)18-8-6-17(7-9-18)12(19)10-11-4-2-1-3-5-11/h1-5,13H,6-10H2. The SMILES string of the molecule is O=C(Cc1ccccc1)N1CCN(C(=O)C(Cl)Cl)CC1. The van der Waals surface area contributed by atoms with Gasteiger partial charge in [0.05, 0.1) is 6.42 Å². The molecule has 6 heteroatoms. The van der Waals surface area contributed by atoms with Gasteiger partial charge in [-0.05, 0) is 5.56 Å². The smallest absolute Gasteiger partial charge is 0.255 e. The summed E-state index contributed by atoms with van der Waals surface area (Å²) in [5.41, 5.74) is 0.998. The van der Waals surface area contributed by atoms with Crippen molar-refractivity contribution < 1.29 is 9.59 Å². The molecular formula is C14H16Cl2N2O2. The number of carbonyl (C=O) groups excluding carboxylic acids is 2. The summed E-state index contributed by atoms with van der Waals surface area (Å²) in [5.74, 6) is -0.208. The number of halogens is 2. The van der Waals surface area contributed by atoms with Crippen molar-refractivity contribution in [3.05, 3.63) is 35.9 Å². The summed E-state index contributed by atoms with van der Waals surface area (Å²) in [6.45, 7) is 2.01. The van der Waals surface area contributed by atoms with E-state index in [4.69, 9.17) is 23.2 Å². The Hall–Kier alpha value is -1.26. The molecular weight excluding hydrogens is 299 g/mol. The van der Waals surface area contributed by atoms with Crippen LogP contribution in [0.4, 0.5) is 0 Å². The molecule has 2 rings (SSSR count). The van der Waals surface area contributed by atoms with Crippen LogP contribution in [-0.4, -0.2) is 52.6 Å². The first-order valence-corrected chi connectivity index (χ1v) is 7.34. The van der Waals surface area contributed by atoms with E-state index in [2.05, 4.69) is 0 Å². The van der Waals surface area contributed by atoms with Gasteiger partial charge < -0.3 is 9.80 Å². The molecule has 0 bridgehead atoms. The lowest BCUT2D eigenvalue weighted by atomic mass is 10.1. The number of benzene rings is 1. The van der Waals surface area contributed by atoms with E-state index in [0.717, 1.165) is 5.56 Å². The van der Waals surface area contributed by atoms with Gasteiger partial charge in [-0.1, -0.05) is 53.5 Å². The van der Waals surface area contributed by atoms with Crippen LogP contribution >= 0.6 is 23.2 Å². The highest BCUT2D eigenvalue weighted by Gasteiger charge is 2.26. The van der Waals surface area contributed by atoms with E-state index in [1.165, 1.54) is 0 Å². The average molecular weight is 315 g/mol. The van der Waals surface area contributed by atoms with E-state index in [1.807, 2.05) is 30.3 Å². The zero-order valence-electron chi connectivity index (χ0n) is 11.0. The van der Waals surface area contributed by atoms with Crippen molar-refractivity contribution in [1.82, 2.24) is 9.80 Å². The van der Waals surface area contributed by atoms with Gasteiger partial charge in [0.2, 0.25) is 5.91 Å². The summed E-state index contributed by atoms with van der Waals surface area (Å²) in [6.07, 6.45) is 0.391. The van der Waals surface area contributed by atoms with Crippen molar-refractivity contribution in [2.24, 2.45) is 0 Å². The van der Waals surface area contributed by atoms with Crippen LogP contribution in [0.3, 0.4) is 0 Å². The fourth-order valence-corrected chi connectivity index (χ4v) is 2.47. The second-order valence-electron chi connectivity index (χ2n) is 4.67. The number of hydrogen-bond donors (Lipinski definition) is 0. The molecule has 1 heterocycles. The monoisotopic (exact) mass is 314 g/mol. The molecule has 1 saturated heterocycles. The van der Waals surface area contributed by atoms with Crippen LogP contribution in [0.15, 0.2) is 30.3 Å². The molecule has 4 nitrogen and oxygen atoms in total. The molecule has 0 spiro atoms. The van der Waals surface area contributed by atoms with E-state index in [1.54, 1.807) is 9.80 Å². The van der Waals surface area contributed by atoms with Gasteiger partial charge >= 0.3 is 0 Å². The number of piperazine rings is 1. The second kappa shape index (κ2) is 6.95. The lowest BCUT2D eigenvalue weighted by Gasteiger charge is -2.35.